The van der Waals surface area contributed by atoms with E-state index in [0.717, 1.165) is 6.07 Å². The van der Waals surface area contributed by atoms with Crippen molar-refractivity contribution in [2.75, 3.05) is 12.4 Å². The zero-order valence-corrected chi connectivity index (χ0v) is 11.0. The summed E-state index contributed by atoms with van der Waals surface area (Å²) in [5.74, 6) is -0.827. The van der Waals surface area contributed by atoms with Crippen LogP contribution in [0.5, 0.6) is 0 Å². The van der Waals surface area contributed by atoms with E-state index in [1.165, 1.54) is 13.2 Å². The maximum Gasteiger partial charge on any atom is 0.253 e. The summed E-state index contributed by atoms with van der Waals surface area (Å²) in [5, 5.41) is 2.68. The van der Waals surface area contributed by atoms with Gasteiger partial charge in [0.15, 0.2) is 0 Å². The Labute approximate surface area is 106 Å². The largest absolute Gasteiger partial charge is 0.372 e. The molecular weight excluding hydrogens is 300 g/mol. The standard InChI is InChI=1S/C10H10BrClFNO2/c1-5(16-2)10(15)14-9-7(11)3-6(13)4-8(9)12/h3-5H,1-2H3,(H,14,15). The molecule has 1 amide bonds. The summed E-state index contributed by atoms with van der Waals surface area (Å²) in [7, 11) is 1.42. The first-order chi connectivity index (χ1) is 7.45. The van der Waals surface area contributed by atoms with Gasteiger partial charge in [-0.25, -0.2) is 4.39 Å². The third-order valence-corrected chi connectivity index (χ3v) is 2.90. The molecule has 0 heterocycles. The third-order valence-electron chi connectivity index (χ3n) is 1.98. The van der Waals surface area contributed by atoms with Gasteiger partial charge in [0.2, 0.25) is 0 Å². The molecule has 16 heavy (non-hydrogen) atoms. The predicted octanol–water partition coefficient (Wildman–Crippen LogP) is 3.22. The van der Waals surface area contributed by atoms with E-state index in [-0.39, 0.29) is 10.9 Å². The highest BCUT2D eigenvalue weighted by atomic mass is 79.9. The summed E-state index contributed by atoms with van der Waals surface area (Å²) in [6.45, 7) is 1.60. The van der Waals surface area contributed by atoms with Gasteiger partial charge in [0, 0.05) is 11.6 Å². The van der Waals surface area contributed by atoms with Crippen LogP contribution in [0.1, 0.15) is 6.92 Å². The molecule has 0 aromatic heterocycles. The summed E-state index contributed by atoms with van der Waals surface area (Å²) in [5.41, 5.74) is 0.331. The maximum absolute atomic E-state index is 12.9. The number of ether oxygens (including phenoxy) is 1. The Kier molecular flexibility index (Phi) is 4.70. The lowest BCUT2D eigenvalue weighted by molar-refractivity contribution is -0.124. The van der Waals surface area contributed by atoms with Gasteiger partial charge < -0.3 is 10.1 Å². The molecule has 0 saturated heterocycles. The zero-order valence-electron chi connectivity index (χ0n) is 8.68. The number of carbonyl (C=O) groups is 1. The smallest absolute Gasteiger partial charge is 0.253 e. The van der Waals surface area contributed by atoms with Crippen molar-refractivity contribution in [3.63, 3.8) is 0 Å². The third kappa shape index (κ3) is 3.17. The topological polar surface area (TPSA) is 38.3 Å². The summed E-state index contributed by atoms with van der Waals surface area (Å²) in [4.78, 5) is 11.5. The molecule has 1 atom stereocenters. The predicted molar refractivity (Wildman–Crippen MR) is 64.2 cm³/mol. The first kappa shape index (κ1) is 13.4. The van der Waals surface area contributed by atoms with Crippen LogP contribution in [0.4, 0.5) is 10.1 Å². The van der Waals surface area contributed by atoms with Gasteiger partial charge in [-0.15, -0.1) is 0 Å². The Morgan fingerprint density at radius 3 is 2.75 bits per heavy atom. The van der Waals surface area contributed by atoms with Crippen molar-refractivity contribution < 1.29 is 13.9 Å². The minimum absolute atomic E-state index is 0.128. The Morgan fingerprint density at radius 2 is 2.25 bits per heavy atom. The first-order valence-corrected chi connectivity index (χ1v) is 5.61. The van der Waals surface area contributed by atoms with Crippen molar-refractivity contribution in [1.29, 1.82) is 0 Å². The molecule has 1 aromatic rings. The number of amides is 1. The normalized spacial score (nSPS) is 12.3. The Balaban J connectivity index is 2.93. The molecule has 0 fully saturated rings. The van der Waals surface area contributed by atoms with Crippen molar-refractivity contribution in [2.24, 2.45) is 0 Å². The monoisotopic (exact) mass is 309 g/mol. The highest BCUT2D eigenvalue weighted by Gasteiger charge is 2.15. The van der Waals surface area contributed by atoms with Crippen molar-refractivity contribution in [3.05, 3.63) is 27.4 Å². The highest BCUT2D eigenvalue weighted by Crippen LogP contribution is 2.31. The second-order valence-electron chi connectivity index (χ2n) is 3.11. The van der Waals surface area contributed by atoms with Crippen LogP contribution >= 0.6 is 27.5 Å². The lowest BCUT2D eigenvalue weighted by atomic mass is 10.3. The molecule has 1 N–H and O–H groups in total. The Hall–Kier alpha value is -0.650. The van der Waals surface area contributed by atoms with E-state index in [4.69, 9.17) is 16.3 Å². The number of methoxy groups -OCH3 is 1. The molecule has 1 aromatic carbocycles. The average Bonchev–Trinajstić information content (AvgIpc) is 2.21. The summed E-state index contributed by atoms with van der Waals surface area (Å²) < 4.78 is 18.1. The molecule has 0 radical (unpaired) electrons. The number of hydrogen-bond acceptors (Lipinski definition) is 2. The van der Waals surface area contributed by atoms with Gasteiger partial charge in [-0.05, 0) is 35.0 Å². The van der Waals surface area contributed by atoms with Crippen molar-refractivity contribution >= 4 is 39.1 Å². The second-order valence-corrected chi connectivity index (χ2v) is 4.37. The number of carbonyl (C=O) groups excluding carboxylic acids is 1. The molecule has 0 aliphatic heterocycles. The van der Waals surface area contributed by atoms with Gasteiger partial charge in [-0.1, -0.05) is 11.6 Å². The minimum Gasteiger partial charge on any atom is -0.372 e. The van der Waals surface area contributed by atoms with E-state index in [2.05, 4.69) is 21.2 Å². The number of rotatable bonds is 3. The maximum atomic E-state index is 12.9. The van der Waals surface area contributed by atoms with E-state index in [1.807, 2.05) is 0 Å². The Bertz CT molecular complexity index is 391. The van der Waals surface area contributed by atoms with Gasteiger partial charge in [0.25, 0.3) is 5.91 Å². The fraction of sp³-hybridized carbons (Fsp3) is 0.300. The minimum atomic E-state index is -0.604. The van der Waals surface area contributed by atoms with Crippen LogP contribution in [-0.2, 0) is 9.53 Å². The molecule has 0 aliphatic carbocycles. The molecule has 88 valence electrons. The summed E-state index contributed by atoms with van der Waals surface area (Å²) in [6.07, 6.45) is -0.604. The zero-order chi connectivity index (χ0) is 12.3. The fourth-order valence-electron chi connectivity index (χ4n) is 0.993. The van der Waals surface area contributed by atoms with Crippen LogP contribution in [0, 0.1) is 5.82 Å². The lowest BCUT2D eigenvalue weighted by Gasteiger charge is -2.13. The van der Waals surface area contributed by atoms with Gasteiger partial charge in [0.1, 0.15) is 11.9 Å². The molecule has 3 nitrogen and oxygen atoms in total. The molecule has 0 spiro atoms. The number of nitrogens with one attached hydrogen (secondary N) is 1. The van der Waals surface area contributed by atoms with Crippen molar-refractivity contribution in [3.8, 4) is 0 Å². The molecular formula is C10H10BrClFNO2. The molecule has 6 heteroatoms. The number of anilines is 1. The number of benzene rings is 1. The van der Waals surface area contributed by atoms with Crippen LogP contribution in [0.3, 0.4) is 0 Å². The van der Waals surface area contributed by atoms with Crippen LogP contribution < -0.4 is 5.32 Å². The van der Waals surface area contributed by atoms with Crippen LogP contribution in [-0.4, -0.2) is 19.1 Å². The van der Waals surface area contributed by atoms with Crippen molar-refractivity contribution in [2.45, 2.75) is 13.0 Å². The van der Waals surface area contributed by atoms with Gasteiger partial charge in [-0.2, -0.15) is 0 Å². The van der Waals surface area contributed by atoms with Gasteiger partial charge >= 0.3 is 0 Å². The number of halogens is 3. The van der Waals surface area contributed by atoms with Crippen LogP contribution in [0.15, 0.2) is 16.6 Å². The fourth-order valence-corrected chi connectivity index (χ4v) is 1.89. The molecule has 1 unspecified atom stereocenters. The van der Waals surface area contributed by atoms with Crippen LogP contribution in [0.25, 0.3) is 0 Å². The van der Waals surface area contributed by atoms with E-state index < -0.39 is 11.9 Å². The quantitative estimate of drug-likeness (QED) is 0.931. The molecule has 1 rings (SSSR count). The lowest BCUT2D eigenvalue weighted by Crippen LogP contribution is -2.26. The summed E-state index contributed by atoms with van der Waals surface area (Å²) >= 11 is 8.92. The van der Waals surface area contributed by atoms with E-state index in [9.17, 15) is 9.18 Å². The second kappa shape index (κ2) is 5.61. The van der Waals surface area contributed by atoms with Crippen LogP contribution in [0.2, 0.25) is 5.02 Å². The molecule has 0 bridgehead atoms. The first-order valence-electron chi connectivity index (χ1n) is 4.44. The summed E-state index contributed by atoms with van der Waals surface area (Å²) in [6, 6.07) is 2.35. The van der Waals surface area contributed by atoms with E-state index >= 15 is 0 Å². The SMILES string of the molecule is COC(C)C(=O)Nc1c(Cl)cc(F)cc1Br. The van der Waals surface area contributed by atoms with E-state index in [0.29, 0.717) is 10.2 Å². The highest BCUT2D eigenvalue weighted by molar-refractivity contribution is 9.10. The van der Waals surface area contributed by atoms with E-state index in [1.54, 1.807) is 6.92 Å². The molecule has 0 aliphatic rings. The van der Waals surface area contributed by atoms with Gasteiger partial charge in [-0.3, -0.25) is 4.79 Å². The van der Waals surface area contributed by atoms with Gasteiger partial charge in [0.05, 0.1) is 10.7 Å². The average molecular weight is 311 g/mol. The number of hydrogen-bond donors (Lipinski definition) is 1. The van der Waals surface area contributed by atoms with Crippen molar-refractivity contribution in [1.82, 2.24) is 0 Å². The molecule has 0 saturated carbocycles. The Morgan fingerprint density at radius 1 is 1.62 bits per heavy atom.